The Morgan fingerprint density at radius 3 is 2.25 bits per heavy atom. The standard InChI is InChI=1S/C20H22O8/c1-6-27-20-7-11(23)12(9(3)21)18(26)19(20,5)14-16(25)8(2)15(24)13(10(4)22)17(14)28-20/h24-26H,6-7H2,1-5H3. The third-order valence-electron chi connectivity index (χ3n) is 5.63. The number of benzene rings is 1. The van der Waals surface area contributed by atoms with Gasteiger partial charge in [0.1, 0.15) is 34.0 Å². The molecule has 0 bridgehead atoms. The fourth-order valence-electron chi connectivity index (χ4n) is 4.19. The highest BCUT2D eigenvalue weighted by atomic mass is 16.7. The number of rotatable bonds is 4. The highest BCUT2D eigenvalue weighted by Crippen LogP contribution is 2.63. The highest BCUT2D eigenvalue weighted by molar-refractivity contribution is 6.21. The van der Waals surface area contributed by atoms with E-state index in [0.29, 0.717) is 0 Å². The van der Waals surface area contributed by atoms with Crippen molar-refractivity contribution in [3.05, 3.63) is 28.0 Å². The number of carbonyl (C=O) groups is 3. The minimum atomic E-state index is -1.79. The van der Waals surface area contributed by atoms with E-state index in [9.17, 15) is 29.7 Å². The molecule has 1 aromatic carbocycles. The van der Waals surface area contributed by atoms with Crippen molar-refractivity contribution in [3.8, 4) is 17.2 Å². The van der Waals surface area contributed by atoms with Crippen molar-refractivity contribution < 1.29 is 39.2 Å². The molecule has 2 atom stereocenters. The van der Waals surface area contributed by atoms with Gasteiger partial charge in [-0.2, -0.15) is 0 Å². The van der Waals surface area contributed by atoms with Crippen molar-refractivity contribution in [2.75, 3.05) is 6.61 Å². The summed E-state index contributed by atoms with van der Waals surface area (Å²) >= 11 is 0. The Labute approximate surface area is 161 Å². The number of phenols is 2. The van der Waals surface area contributed by atoms with E-state index >= 15 is 0 Å². The Morgan fingerprint density at radius 2 is 1.75 bits per heavy atom. The van der Waals surface area contributed by atoms with Crippen molar-refractivity contribution in [2.24, 2.45) is 0 Å². The number of hydrogen-bond acceptors (Lipinski definition) is 8. The molecule has 0 aromatic heterocycles. The number of phenolic OH excluding ortho intramolecular Hbond substituents is 2. The first kappa shape index (κ1) is 19.9. The summed E-state index contributed by atoms with van der Waals surface area (Å²) in [6.07, 6.45) is -0.415. The van der Waals surface area contributed by atoms with Crippen LogP contribution in [0.2, 0.25) is 0 Å². The van der Waals surface area contributed by atoms with Gasteiger partial charge in [0.15, 0.2) is 17.3 Å². The zero-order valence-electron chi connectivity index (χ0n) is 16.3. The minimum absolute atomic E-state index is 0.00907. The van der Waals surface area contributed by atoms with E-state index in [1.165, 1.54) is 20.8 Å². The topological polar surface area (TPSA) is 130 Å². The SMILES string of the molecule is CCOC12CC(=O)C(C(C)=O)=C(O)C1(C)c1c(O)c(C)c(O)c(C(C)=O)c1O2. The van der Waals surface area contributed by atoms with Crippen molar-refractivity contribution in [1.29, 1.82) is 0 Å². The predicted octanol–water partition coefficient (Wildman–Crippen LogP) is 2.37. The average molecular weight is 390 g/mol. The maximum absolute atomic E-state index is 12.6. The molecule has 0 saturated carbocycles. The number of aliphatic hydroxyl groups excluding tert-OH is 1. The summed E-state index contributed by atoms with van der Waals surface area (Å²) in [5.41, 5.74) is -2.24. The smallest absolute Gasteiger partial charge is 0.234 e. The Morgan fingerprint density at radius 1 is 1.14 bits per heavy atom. The third-order valence-corrected chi connectivity index (χ3v) is 5.63. The van der Waals surface area contributed by atoms with E-state index in [4.69, 9.17) is 9.47 Å². The Hall–Kier alpha value is -2.87. The molecule has 0 amide bonds. The zero-order chi connectivity index (χ0) is 21.2. The molecule has 0 fully saturated rings. The number of fused-ring (bicyclic) bond motifs is 3. The van der Waals surface area contributed by atoms with Gasteiger partial charge in [-0.05, 0) is 34.6 Å². The van der Waals surface area contributed by atoms with Crippen molar-refractivity contribution in [2.45, 2.75) is 52.2 Å². The molecule has 2 aliphatic rings. The molecule has 8 heteroatoms. The summed E-state index contributed by atoms with van der Waals surface area (Å²) in [6.45, 7) is 6.98. The molecule has 1 aliphatic heterocycles. The van der Waals surface area contributed by atoms with Crippen LogP contribution in [0.5, 0.6) is 17.2 Å². The van der Waals surface area contributed by atoms with Crippen LogP contribution in [0, 0.1) is 6.92 Å². The number of aromatic hydroxyl groups is 2. The second-order valence-electron chi connectivity index (χ2n) is 7.25. The second-order valence-corrected chi connectivity index (χ2v) is 7.25. The van der Waals surface area contributed by atoms with E-state index in [-0.39, 0.29) is 29.0 Å². The fourth-order valence-corrected chi connectivity index (χ4v) is 4.19. The second kappa shape index (κ2) is 6.07. The van der Waals surface area contributed by atoms with E-state index in [1.807, 2.05) is 0 Å². The van der Waals surface area contributed by atoms with Crippen LogP contribution in [-0.2, 0) is 19.7 Å². The minimum Gasteiger partial charge on any atom is -0.510 e. The Kier molecular flexibility index (Phi) is 4.31. The van der Waals surface area contributed by atoms with Crippen molar-refractivity contribution in [1.82, 2.24) is 0 Å². The lowest BCUT2D eigenvalue weighted by molar-refractivity contribution is -0.212. The van der Waals surface area contributed by atoms with E-state index in [2.05, 4.69) is 0 Å². The number of Topliss-reactive ketones (excluding diaryl/α,β-unsaturated/α-hetero) is 3. The molecule has 0 radical (unpaired) electrons. The fraction of sp³-hybridized carbons (Fsp3) is 0.450. The maximum atomic E-state index is 12.6. The van der Waals surface area contributed by atoms with Crippen LogP contribution >= 0.6 is 0 Å². The number of hydrogen-bond donors (Lipinski definition) is 3. The summed E-state index contributed by atoms with van der Waals surface area (Å²) in [4.78, 5) is 36.9. The number of ether oxygens (including phenoxy) is 2. The zero-order valence-corrected chi connectivity index (χ0v) is 16.3. The molecule has 28 heavy (non-hydrogen) atoms. The molecule has 1 heterocycles. The van der Waals surface area contributed by atoms with Crippen LogP contribution < -0.4 is 4.74 Å². The van der Waals surface area contributed by atoms with E-state index in [0.717, 1.165) is 6.92 Å². The molecular weight excluding hydrogens is 368 g/mol. The van der Waals surface area contributed by atoms with Crippen LogP contribution in [0.25, 0.3) is 0 Å². The molecular formula is C20H22O8. The first-order chi connectivity index (χ1) is 12.9. The normalized spacial score (nSPS) is 26.0. The number of carbonyl (C=O) groups excluding carboxylic acids is 3. The van der Waals surface area contributed by atoms with E-state index in [1.54, 1.807) is 6.92 Å². The molecule has 0 saturated heterocycles. The largest absolute Gasteiger partial charge is 0.510 e. The Balaban J connectivity index is 2.51. The molecule has 0 spiro atoms. The number of ketones is 3. The van der Waals surface area contributed by atoms with Gasteiger partial charge >= 0.3 is 0 Å². The van der Waals surface area contributed by atoms with Gasteiger partial charge in [-0.1, -0.05) is 0 Å². The molecule has 1 aliphatic carbocycles. The van der Waals surface area contributed by atoms with Gasteiger partial charge in [0.2, 0.25) is 5.79 Å². The number of aliphatic hydroxyl groups is 1. The quantitative estimate of drug-likeness (QED) is 0.528. The molecule has 1 aromatic rings. The van der Waals surface area contributed by atoms with Crippen LogP contribution in [0.3, 0.4) is 0 Å². The predicted molar refractivity (Wildman–Crippen MR) is 96.8 cm³/mol. The summed E-state index contributed by atoms with van der Waals surface area (Å²) in [5, 5.41) is 32.2. The highest BCUT2D eigenvalue weighted by Gasteiger charge is 2.68. The van der Waals surface area contributed by atoms with Crippen LogP contribution in [0.15, 0.2) is 11.3 Å². The lowest BCUT2D eigenvalue weighted by atomic mass is 9.66. The van der Waals surface area contributed by atoms with Gasteiger partial charge in [-0.15, -0.1) is 0 Å². The monoisotopic (exact) mass is 390 g/mol. The molecule has 3 N–H and O–H groups in total. The molecule has 150 valence electrons. The lowest BCUT2D eigenvalue weighted by Gasteiger charge is -2.44. The van der Waals surface area contributed by atoms with Crippen molar-refractivity contribution in [3.63, 3.8) is 0 Å². The van der Waals surface area contributed by atoms with Crippen LogP contribution in [-0.4, -0.2) is 45.1 Å². The first-order valence-electron chi connectivity index (χ1n) is 8.85. The van der Waals surface area contributed by atoms with Gasteiger partial charge in [-0.25, -0.2) is 0 Å². The van der Waals surface area contributed by atoms with Gasteiger partial charge in [-0.3, -0.25) is 14.4 Å². The van der Waals surface area contributed by atoms with Crippen molar-refractivity contribution >= 4 is 17.3 Å². The van der Waals surface area contributed by atoms with Gasteiger partial charge in [0.25, 0.3) is 0 Å². The first-order valence-corrected chi connectivity index (χ1v) is 8.85. The van der Waals surface area contributed by atoms with Gasteiger partial charge in [0.05, 0.1) is 17.6 Å². The average Bonchev–Trinajstić information content (AvgIpc) is 2.82. The lowest BCUT2D eigenvalue weighted by Crippen LogP contribution is -2.58. The maximum Gasteiger partial charge on any atom is 0.234 e. The summed E-state index contributed by atoms with van der Waals surface area (Å²) in [6, 6.07) is 0. The van der Waals surface area contributed by atoms with Crippen LogP contribution in [0.1, 0.15) is 55.6 Å². The van der Waals surface area contributed by atoms with E-state index < -0.39 is 57.8 Å². The molecule has 8 nitrogen and oxygen atoms in total. The Bertz CT molecular complexity index is 973. The van der Waals surface area contributed by atoms with Gasteiger partial charge < -0.3 is 24.8 Å². The summed E-state index contributed by atoms with van der Waals surface area (Å²) in [5.74, 6) is -5.27. The molecule has 2 unspecified atom stereocenters. The van der Waals surface area contributed by atoms with Crippen LogP contribution in [0.4, 0.5) is 0 Å². The third kappa shape index (κ3) is 2.18. The summed E-state index contributed by atoms with van der Waals surface area (Å²) < 4.78 is 11.7. The molecule has 3 rings (SSSR count). The summed E-state index contributed by atoms with van der Waals surface area (Å²) in [7, 11) is 0. The number of allylic oxidation sites excluding steroid dienone is 1. The van der Waals surface area contributed by atoms with Gasteiger partial charge in [0, 0.05) is 12.2 Å².